The maximum absolute atomic E-state index is 5.89. The van der Waals surface area contributed by atoms with Crippen molar-refractivity contribution in [2.45, 2.75) is 19.9 Å². The molecule has 3 rings (SSSR count). The minimum atomic E-state index is 0.0442. The van der Waals surface area contributed by atoms with Gasteiger partial charge in [-0.05, 0) is 25.4 Å². The zero-order chi connectivity index (χ0) is 13.4. The van der Waals surface area contributed by atoms with Crippen LogP contribution < -0.4 is 5.32 Å². The summed E-state index contributed by atoms with van der Waals surface area (Å²) in [4.78, 5) is 12.7. The van der Waals surface area contributed by atoms with Crippen molar-refractivity contribution in [3.8, 4) is 0 Å². The number of thiazole rings is 1. The highest BCUT2D eigenvalue weighted by molar-refractivity contribution is 7.09. The third-order valence-corrected chi connectivity index (χ3v) is 3.96. The fraction of sp³-hybridized carbons (Fsp3) is 0.273. The van der Waals surface area contributed by atoms with E-state index in [9.17, 15) is 0 Å². The van der Waals surface area contributed by atoms with Crippen molar-refractivity contribution < 1.29 is 0 Å². The Morgan fingerprint density at radius 1 is 1.37 bits per heavy atom. The van der Waals surface area contributed by atoms with Crippen LogP contribution in [0.2, 0.25) is 5.28 Å². The summed E-state index contributed by atoms with van der Waals surface area (Å²) in [5, 5.41) is 14.0. The molecule has 0 amide bonds. The quantitative estimate of drug-likeness (QED) is 0.726. The second kappa shape index (κ2) is 4.75. The van der Waals surface area contributed by atoms with Crippen molar-refractivity contribution in [3.63, 3.8) is 0 Å². The van der Waals surface area contributed by atoms with E-state index in [1.165, 1.54) is 0 Å². The molecule has 6 nitrogen and oxygen atoms in total. The number of aryl methyl sites for hydroxylation is 1. The van der Waals surface area contributed by atoms with E-state index < -0.39 is 0 Å². The van der Waals surface area contributed by atoms with Gasteiger partial charge in [0, 0.05) is 11.1 Å². The predicted molar refractivity (Wildman–Crippen MR) is 75.6 cm³/mol. The monoisotopic (exact) mass is 294 g/mol. The summed E-state index contributed by atoms with van der Waals surface area (Å²) >= 11 is 7.51. The summed E-state index contributed by atoms with van der Waals surface area (Å²) in [6.07, 6.45) is 1.67. The van der Waals surface area contributed by atoms with Gasteiger partial charge in [-0.25, -0.2) is 4.98 Å². The number of anilines is 1. The third-order valence-electron chi connectivity index (χ3n) is 2.64. The predicted octanol–water partition coefficient (Wildman–Crippen LogP) is 2.94. The molecular formula is C11H11ClN6S. The lowest BCUT2D eigenvalue weighted by atomic mass is 10.3. The molecule has 0 fully saturated rings. The topological polar surface area (TPSA) is 79.4 Å². The van der Waals surface area contributed by atoms with Gasteiger partial charge in [0.2, 0.25) is 5.28 Å². The van der Waals surface area contributed by atoms with Crippen LogP contribution in [-0.2, 0) is 0 Å². The standard InChI is InChI=1S/C11H11ClN6S/c1-5-4-19-10(14-5)6(2)15-8-7-3-13-18-9(7)17-11(12)16-8/h3-4,6H,1-2H3,(H2,13,15,16,17,18). The number of nitrogens with zero attached hydrogens (tertiary/aromatic N) is 4. The first-order valence-corrected chi connectivity index (χ1v) is 6.94. The molecule has 3 aromatic heterocycles. The lowest BCUT2D eigenvalue weighted by molar-refractivity contribution is 0.856. The van der Waals surface area contributed by atoms with Gasteiger partial charge in [0.05, 0.1) is 17.6 Å². The molecule has 3 heterocycles. The SMILES string of the molecule is Cc1csc(C(C)Nc2nc(Cl)nc3[nH]ncc23)n1. The molecule has 0 radical (unpaired) electrons. The number of rotatable bonds is 3. The number of H-pyrrole nitrogens is 1. The number of hydrogen-bond acceptors (Lipinski definition) is 6. The van der Waals surface area contributed by atoms with E-state index >= 15 is 0 Å². The number of hydrogen-bond donors (Lipinski definition) is 2. The van der Waals surface area contributed by atoms with Crippen LogP contribution in [0.4, 0.5) is 5.82 Å². The van der Waals surface area contributed by atoms with Crippen LogP contribution in [-0.4, -0.2) is 25.1 Å². The Morgan fingerprint density at radius 2 is 2.21 bits per heavy atom. The van der Waals surface area contributed by atoms with Crippen molar-refractivity contribution in [2.24, 2.45) is 0 Å². The molecule has 0 saturated heterocycles. The maximum Gasteiger partial charge on any atom is 0.226 e. The van der Waals surface area contributed by atoms with Crippen molar-refractivity contribution >= 4 is 39.8 Å². The Kier molecular flexibility index (Phi) is 3.08. The Labute approximate surface area is 118 Å². The lowest BCUT2D eigenvalue weighted by Gasteiger charge is -2.12. The fourth-order valence-electron chi connectivity index (χ4n) is 1.76. The Hall–Kier alpha value is -1.73. The molecule has 1 unspecified atom stereocenters. The summed E-state index contributed by atoms with van der Waals surface area (Å²) in [6.45, 7) is 4.00. The second-order valence-corrected chi connectivity index (χ2v) is 5.39. The van der Waals surface area contributed by atoms with Crippen LogP contribution in [0, 0.1) is 6.92 Å². The van der Waals surface area contributed by atoms with Gasteiger partial charge in [-0.2, -0.15) is 15.1 Å². The van der Waals surface area contributed by atoms with E-state index in [0.29, 0.717) is 11.5 Å². The minimum Gasteiger partial charge on any atom is -0.360 e. The second-order valence-electron chi connectivity index (χ2n) is 4.17. The van der Waals surface area contributed by atoms with Crippen LogP contribution in [0.5, 0.6) is 0 Å². The van der Waals surface area contributed by atoms with Crippen molar-refractivity contribution in [2.75, 3.05) is 5.32 Å². The van der Waals surface area contributed by atoms with Gasteiger partial charge in [0.15, 0.2) is 5.65 Å². The zero-order valence-corrected chi connectivity index (χ0v) is 11.9. The Morgan fingerprint density at radius 3 is 2.95 bits per heavy atom. The first kappa shape index (κ1) is 12.3. The molecule has 0 saturated carbocycles. The van der Waals surface area contributed by atoms with E-state index in [4.69, 9.17) is 11.6 Å². The van der Waals surface area contributed by atoms with Gasteiger partial charge in [0.1, 0.15) is 10.8 Å². The first-order valence-electron chi connectivity index (χ1n) is 5.68. The molecule has 1 atom stereocenters. The summed E-state index contributed by atoms with van der Waals surface area (Å²) < 4.78 is 0. The van der Waals surface area contributed by atoms with Crippen molar-refractivity contribution in [1.29, 1.82) is 0 Å². The number of fused-ring (bicyclic) bond motifs is 1. The van der Waals surface area contributed by atoms with Gasteiger partial charge in [-0.1, -0.05) is 0 Å². The number of halogens is 1. The zero-order valence-electron chi connectivity index (χ0n) is 10.3. The van der Waals surface area contributed by atoms with E-state index in [2.05, 4.69) is 30.5 Å². The van der Waals surface area contributed by atoms with Crippen LogP contribution in [0.15, 0.2) is 11.6 Å². The Balaban J connectivity index is 1.94. The van der Waals surface area contributed by atoms with Crippen molar-refractivity contribution in [1.82, 2.24) is 25.1 Å². The van der Waals surface area contributed by atoms with Crippen LogP contribution in [0.1, 0.15) is 23.7 Å². The first-order chi connectivity index (χ1) is 9.13. The molecule has 19 heavy (non-hydrogen) atoms. The number of nitrogens with one attached hydrogen (secondary N) is 2. The number of aromatic nitrogens is 5. The van der Waals surface area contributed by atoms with E-state index in [-0.39, 0.29) is 11.3 Å². The summed E-state index contributed by atoms with van der Waals surface area (Å²) in [6, 6.07) is 0.0442. The number of aromatic amines is 1. The molecule has 98 valence electrons. The summed E-state index contributed by atoms with van der Waals surface area (Å²) in [7, 11) is 0. The molecule has 0 bridgehead atoms. The molecule has 2 N–H and O–H groups in total. The molecule has 0 aliphatic rings. The average Bonchev–Trinajstić information content (AvgIpc) is 2.97. The molecule has 8 heteroatoms. The Bertz CT molecular complexity index is 721. The molecule has 0 aliphatic heterocycles. The van der Waals surface area contributed by atoms with Gasteiger partial charge < -0.3 is 5.32 Å². The van der Waals surface area contributed by atoms with Gasteiger partial charge in [0.25, 0.3) is 0 Å². The van der Waals surface area contributed by atoms with E-state index in [0.717, 1.165) is 16.1 Å². The van der Waals surface area contributed by atoms with Gasteiger partial charge in [-0.3, -0.25) is 5.10 Å². The molecule has 0 aromatic carbocycles. The van der Waals surface area contributed by atoms with Crippen molar-refractivity contribution in [3.05, 3.63) is 27.6 Å². The summed E-state index contributed by atoms with van der Waals surface area (Å²) in [5.41, 5.74) is 1.63. The van der Waals surface area contributed by atoms with Crippen LogP contribution in [0.25, 0.3) is 11.0 Å². The maximum atomic E-state index is 5.89. The smallest absolute Gasteiger partial charge is 0.226 e. The third kappa shape index (κ3) is 2.39. The van der Waals surface area contributed by atoms with Crippen LogP contribution >= 0.6 is 22.9 Å². The van der Waals surface area contributed by atoms with E-state index in [1.807, 2.05) is 19.2 Å². The normalized spacial score (nSPS) is 12.8. The lowest BCUT2D eigenvalue weighted by Crippen LogP contribution is -2.08. The van der Waals surface area contributed by atoms with Crippen LogP contribution in [0.3, 0.4) is 0 Å². The van der Waals surface area contributed by atoms with Gasteiger partial charge >= 0.3 is 0 Å². The fourth-order valence-corrected chi connectivity index (χ4v) is 2.73. The average molecular weight is 295 g/mol. The highest BCUT2D eigenvalue weighted by Gasteiger charge is 2.14. The van der Waals surface area contributed by atoms with E-state index in [1.54, 1.807) is 17.5 Å². The highest BCUT2D eigenvalue weighted by atomic mass is 35.5. The van der Waals surface area contributed by atoms with Gasteiger partial charge in [-0.15, -0.1) is 11.3 Å². The largest absolute Gasteiger partial charge is 0.360 e. The summed E-state index contributed by atoms with van der Waals surface area (Å²) in [5.74, 6) is 0.657. The highest BCUT2D eigenvalue weighted by Crippen LogP contribution is 2.26. The molecule has 0 spiro atoms. The molecule has 0 aliphatic carbocycles. The molecular weight excluding hydrogens is 284 g/mol. The molecule has 3 aromatic rings. The minimum absolute atomic E-state index is 0.0442.